The Morgan fingerprint density at radius 3 is 3.05 bits per heavy atom. The minimum absolute atomic E-state index is 0.143. The lowest BCUT2D eigenvalue weighted by molar-refractivity contribution is -0.145. The highest BCUT2D eigenvalue weighted by molar-refractivity contribution is 7.15. The number of hydrogen-bond acceptors (Lipinski definition) is 6. The van der Waals surface area contributed by atoms with Crippen molar-refractivity contribution in [3.63, 3.8) is 0 Å². The van der Waals surface area contributed by atoms with Gasteiger partial charge in [-0.05, 0) is 26.2 Å². The Bertz CT molecular complexity index is 462. The minimum atomic E-state index is -0.174. The Balaban J connectivity index is 1.80. The van der Waals surface area contributed by atoms with Gasteiger partial charge in [-0.1, -0.05) is 13.3 Å². The molecule has 1 N–H and O–H groups in total. The van der Waals surface area contributed by atoms with E-state index in [0.717, 1.165) is 49.7 Å². The Kier molecular flexibility index (Phi) is 6.45. The molecule has 6 heteroatoms. The Morgan fingerprint density at radius 2 is 2.29 bits per heavy atom. The lowest BCUT2D eigenvalue weighted by Gasteiger charge is -2.08. The number of thiazole rings is 1. The second-order valence-electron chi connectivity index (χ2n) is 5.06. The number of rotatable bonds is 9. The summed E-state index contributed by atoms with van der Waals surface area (Å²) in [5.41, 5.74) is 0.910. The first-order valence-electron chi connectivity index (χ1n) is 7.74. The number of aromatic nitrogens is 1. The van der Waals surface area contributed by atoms with Gasteiger partial charge in [-0.15, -0.1) is 11.3 Å². The van der Waals surface area contributed by atoms with Crippen molar-refractivity contribution in [1.29, 1.82) is 0 Å². The van der Waals surface area contributed by atoms with Crippen LogP contribution < -0.4 is 5.32 Å². The molecule has 0 aromatic carbocycles. The van der Waals surface area contributed by atoms with E-state index in [4.69, 9.17) is 9.47 Å². The van der Waals surface area contributed by atoms with Crippen LogP contribution in [0.2, 0.25) is 0 Å². The molecule has 118 valence electrons. The van der Waals surface area contributed by atoms with Crippen LogP contribution in [0, 0.1) is 0 Å². The number of nitrogens with zero attached hydrogens (tertiary/aromatic N) is 1. The molecule has 1 heterocycles. The molecule has 0 saturated carbocycles. The fraction of sp³-hybridized carbons (Fsp3) is 0.733. The molecule has 1 aliphatic rings. The predicted octanol–water partition coefficient (Wildman–Crippen LogP) is 2.96. The summed E-state index contributed by atoms with van der Waals surface area (Å²) in [7, 11) is 0. The standard InChI is InChI=1S/C15H24N2O3S/c1-3-5-9-19-10-8-16-15-17-13-11(14(18)20-4-2)6-7-12(13)21-15/h11H,3-10H2,1-2H3,(H,16,17). The normalized spacial score (nSPS) is 16.8. The third-order valence-corrected chi connectivity index (χ3v) is 4.54. The van der Waals surface area contributed by atoms with E-state index in [0.29, 0.717) is 13.2 Å². The van der Waals surface area contributed by atoms with Crippen LogP contribution in [-0.4, -0.2) is 37.3 Å². The number of aryl methyl sites for hydroxylation is 1. The first-order chi connectivity index (χ1) is 10.3. The number of fused-ring (bicyclic) bond motifs is 1. The fourth-order valence-electron chi connectivity index (χ4n) is 2.35. The Labute approximate surface area is 130 Å². The molecule has 1 atom stereocenters. The summed E-state index contributed by atoms with van der Waals surface area (Å²) in [5, 5.41) is 4.16. The molecule has 1 aromatic heterocycles. The van der Waals surface area contributed by atoms with E-state index >= 15 is 0 Å². The van der Waals surface area contributed by atoms with Crippen LogP contribution in [0.4, 0.5) is 5.13 Å². The summed E-state index contributed by atoms with van der Waals surface area (Å²) >= 11 is 1.64. The maximum Gasteiger partial charge on any atom is 0.315 e. The van der Waals surface area contributed by atoms with Crippen LogP contribution >= 0.6 is 11.3 Å². The van der Waals surface area contributed by atoms with E-state index in [1.54, 1.807) is 11.3 Å². The van der Waals surface area contributed by atoms with Crippen LogP contribution in [0.15, 0.2) is 0 Å². The number of hydrogen-bond donors (Lipinski definition) is 1. The van der Waals surface area contributed by atoms with E-state index in [2.05, 4.69) is 17.2 Å². The summed E-state index contributed by atoms with van der Waals surface area (Å²) in [4.78, 5) is 17.7. The molecule has 5 nitrogen and oxygen atoms in total. The number of nitrogens with one attached hydrogen (secondary N) is 1. The molecule has 0 aliphatic heterocycles. The largest absolute Gasteiger partial charge is 0.465 e. The van der Waals surface area contributed by atoms with Crippen LogP contribution in [-0.2, 0) is 20.7 Å². The van der Waals surface area contributed by atoms with Gasteiger partial charge in [0.25, 0.3) is 0 Å². The number of carbonyl (C=O) groups excluding carboxylic acids is 1. The van der Waals surface area contributed by atoms with Gasteiger partial charge in [-0.25, -0.2) is 4.98 Å². The SMILES string of the molecule is CCCCOCCNc1nc2c(s1)CCC2C(=O)OCC. The maximum atomic E-state index is 11.9. The second kappa shape index (κ2) is 8.34. The van der Waals surface area contributed by atoms with Gasteiger partial charge in [0, 0.05) is 18.0 Å². The quantitative estimate of drug-likeness (QED) is 0.561. The van der Waals surface area contributed by atoms with Crippen molar-refractivity contribution >= 4 is 22.4 Å². The van der Waals surface area contributed by atoms with Crippen LogP contribution in [0.1, 0.15) is 49.6 Å². The van der Waals surface area contributed by atoms with E-state index in [1.165, 1.54) is 4.88 Å². The van der Waals surface area contributed by atoms with Crippen LogP contribution in [0.5, 0.6) is 0 Å². The zero-order valence-electron chi connectivity index (χ0n) is 12.8. The molecule has 0 bridgehead atoms. The predicted molar refractivity (Wildman–Crippen MR) is 84.0 cm³/mol. The molecule has 0 fully saturated rings. The molecule has 0 amide bonds. The first kappa shape index (κ1) is 16.2. The highest BCUT2D eigenvalue weighted by Crippen LogP contribution is 2.38. The van der Waals surface area contributed by atoms with E-state index in [-0.39, 0.29) is 11.9 Å². The van der Waals surface area contributed by atoms with Gasteiger partial charge in [0.05, 0.1) is 18.9 Å². The molecule has 21 heavy (non-hydrogen) atoms. The summed E-state index contributed by atoms with van der Waals surface area (Å²) in [6, 6.07) is 0. The number of carbonyl (C=O) groups is 1. The molecule has 1 aromatic rings. The highest BCUT2D eigenvalue weighted by Gasteiger charge is 2.33. The number of anilines is 1. The Morgan fingerprint density at radius 1 is 1.43 bits per heavy atom. The minimum Gasteiger partial charge on any atom is -0.465 e. The first-order valence-corrected chi connectivity index (χ1v) is 8.55. The smallest absolute Gasteiger partial charge is 0.315 e. The van der Waals surface area contributed by atoms with E-state index in [9.17, 15) is 4.79 Å². The third-order valence-electron chi connectivity index (χ3n) is 3.45. The third kappa shape index (κ3) is 4.41. The fourth-order valence-corrected chi connectivity index (χ4v) is 3.42. The molecular weight excluding hydrogens is 288 g/mol. The van der Waals surface area contributed by atoms with Crippen molar-refractivity contribution in [1.82, 2.24) is 4.98 Å². The van der Waals surface area contributed by atoms with Crippen molar-refractivity contribution in [3.8, 4) is 0 Å². The monoisotopic (exact) mass is 312 g/mol. The summed E-state index contributed by atoms with van der Waals surface area (Å²) in [6.45, 7) is 6.66. The molecule has 1 aliphatic carbocycles. The van der Waals surface area contributed by atoms with Crippen molar-refractivity contribution in [2.45, 2.75) is 45.4 Å². The van der Waals surface area contributed by atoms with Gasteiger partial charge >= 0.3 is 5.97 Å². The summed E-state index contributed by atoms with van der Waals surface area (Å²) in [6.07, 6.45) is 4.01. The molecular formula is C15H24N2O3S. The number of esters is 1. The van der Waals surface area contributed by atoms with Gasteiger partial charge in [-0.3, -0.25) is 4.79 Å². The van der Waals surface area contributed by atoms with Gasteiger partial charge in [-0.2, -0.15) is 0 Å². The van der Waals surface area contributed by atoms with Crippen LogP contribution in [0.25, 0.3) is 0 Å². The summed E-state index contributed by atoms with van der Waals surface area (Å²) < 4.78 is 10.6. The van der Waals surface area contributed by atoms with Gasteiger partial charge in [0.2, 0.25) is 0 Å². The highest BCUT2D eigenvalue weighted by atomic mass is 32.1. The number of ether oxygens (including phenoxy) is 2. The zero-order chi connectivity index (χ0) is 15.1. The molecule has 0 spiro atoms. The van der Waals surface area contributed by atoms with Crippen molar-refractivity contribution < 1.29 is 14.3 Å². The topological polar surface area (TPSA) is 60.5 Å². The van der Waals surface area contributed by atoms with E-state index < -0.39 is 0 Å². The molecule has 0 saturated heterocycles. The lowest BCUT2D eigenvalue weighted by atomic mass is 10.1. The maximum absolute atomic E-state index is 11.9. The average Bonchev–Trinajstić information content (AvgIpc) is 3.02. The zero-order valence-corrected chi connectivity index (χ0v) is 13.6. The second-order valence-corrected chi connectivity index (χ2v) is 6.15. The lowest BCUT2D eigenvalue weighted by Crippen LogP contribution is -2.14. The van der Waals surface area contributed by atoms with Crippen molar-refractivity contribution in [2.75, 3.05) is 31.7 Å². The number of unbranched alkanes of at least 4 members (excludes halogenated alkanes) is 1. The molecule has 0 radical (unpaired) electrons. The average molecular weight is 312 g/mol. The van der Waals surface area contributed by atoms with E-state index in [1.807, 2.05) is 6.92 Å². The summed E-state index contributed by atoms with van der Waals surface area (Å²) in [5.74, 6) is -0.316. The van der Waals surface area contributed by atoms with Crippen LogP contribution in [0.3, 0.4) is 0 Å². The molecule has 2 rings (SSSR count). The van der Waals surface area contributed by atoms with Gasteiger partial charge in [0.1, 0.15) is 5.92 Å². The van der Waals surface area contributed by atoms with Crippen molar-refractivity contribution in [2.24, 2.45) is 0 Å². The van der Waals surface area contributed by atoms with Crippen molar-refractivity contribution in [3.05, 3.63) is 10.6 Å². The molecule has 1 unspecified atom stereocenters. The van der Waals surface area contributed by atoms with Gasteiger partial charge in [0.15, 0.2) is 5.13 Å². The van der Waals surface area contributed by atoms with Gasteiger partial charge < -0.3 is 14.8 Å². The Hall–Kier alpha value is -1.14.